The van der Waals surface area contributed by atoms with Crippen molar-refractivity contribution in [3.05, 3.63) is 58.8 Å². The molecule has 5 nitrogen and oxygen atoms in total. The molecule has 0 amide bonds. The molecule has 3 aromatic rings. The van der Waals surface area contributed by atoms with Crippen LogP contribution in [0.1, 0.15) is 5.82 Å². The van der Waals surface area contributed by atoms with Crippen LogP contribution < -0.4 is 0 Å². The second-order valence-electron chi connectivity index (χ2n) is 4.67. The molecule has 0 spiro atoms. The van der Waals surface area contributed by atoms with E-state index in [1.54, 1.807) is 42.5 Å². The van der Waals surface area contributed by atoms with Crippen molar-refractivity contribution in [3.63, 3.8) is 0 Å². The van der Waals surface area contributed by atoms with Crippen LogP contribution in [0.4, 0.5) is 0 Å². The monoisotopic (exact) mass is 380 g/mol. The van der Waals surface area contributed by atoms with Gasteiger partial charge in [-0.05, 0) is 36.4 Å². The fourth-order valence-corrected chi connectivity index (χ4v) is 3.99. The van der Waals surface area contributed by atoms with Gasteiger partial charge in [0.2, 0.25) is 0 Å². The average molecular weight is 381 g/mol. The van der Waals surface area contributed by atoms with Gasteiger partial charge in [-0.2, -0.15) is 0 Å². The maximum atomic E-state index is 13.0. The number of benzene rings is 2. The van der Waals surface area contributed by atoms with Crippen molar-refractivity contribution in [2.75, 3.05) is 7.11 Å². The van der Waals surface area contributed by atoms with Crippen LogP contribution in [-0.2, 0) is 21.4 Å². The topological polar surface area (TPSA) is 61.2 Å². The van der Waals surface area contributed by atoms with Crippen molar-refractivity contribution in [2.45, 2.75) is 11.5 Å². The minimum Gasteiger partial charge on any atom is -0.377 e. The summed E-state index contributed by atoms with van der Waals surface area (Å²) >= 11 is 3.31. The van der Waals surface area contributed by atoms with Crippen LogP contribution in [0.3, 0.4) is 0 Å². The molecular formula is C15H13BrN2O3S. The highest BCUT2D eigenvalue weighted by Gasteiger charge is 2.23. The van der Waals surface area contributed by atoms with Crippen molar-refractivity contribution < 1.29 is 13.2 Å². The fraction of sp³-hybridized carbons (Fsp3) is 0.133. The van der Waals surface area contributed by atoms with Crippen LogP contribution in [0.2, 0.25) is 0 Å². The first-order valence-corrected chi connectivity index (χ1v) is 8.74. The summed E-state index contributed by atoms with van der Waals surface area (Å²) < 4.78 is 33.1. The normalized spacial score (nSPS) is 11.9. The van der Waals surface area contributed by atoms with Gasteiger partial charge in [0, 0.05) is 11.6 Å². The number of rotatable bonds is 4. The summed E-state index contributed by atoms with van der Waals surface area (Å²) in [6.07, 6.45) is 0. The molecule has 0 aliphatic heterocycles. The Morgan fingerprint density at radius 2 is 1.82 bits per heavy atom. The van der Waals surface area contributed by atoms with Crippen molar-refractivity contribution in [1.29, 1.82) is 0 Å². The van der Waals surface area contributed by atoms with Gasteiger partial charge in [-0.15, -0.1) is 0 Å². The Morgan fingerprint density at radius 3 is 2.50 bits per heavy atom. The number of ether oxygens (including phenoxy) is 1. The summed E-state index contributed by atoms with van der Waals surface area (Å²) in [6.45, 7) is 0.116. The van der Waals surface area contributed by atoms with Crippen LogP contribution in [0.5, 0.6) is 0 Å². The number of fused-ring (bicyclic) bond motifs is 1. The molecule has 2 aromatic carbocycles. The summed E-state index contributed by atoms with van der Waals surface area (Å²) in [4.78, 5) is 4.57. The standard InChI is InChI=1S/C15H13BrN2O3S/c1-21-10-15-17-13-4-2-3-5-14(13)18(15)22(19,20)12-8-6-11(16)7-9-12/h2-9H,10H2,1H3. The molecule has 22 heavy (non-hydrogen) atoms. The Hall–Kier alpha value is -1.70. The van der Waals surface area contributed by atoms with Crippen molar-refractivity contribution in [2.24, 2.45) is 0 Å². The van der Waals surface area contributed by atoms with E-state index in [-0.39, 0.29) is 11.5 Å². The lowest BCUT2D eigenvalue weighted by molar-refractivity contribution is 0.177. The summed E-state index contributed by atoms with van der Waals surface area (Å²) in [5.41, 5.74) is 1.16. The van der Waals surface area contributed by atoms with E-state index in [4.69, 9.17) is 4.74 Å². The molecule has 0 saturated heterocycles. The maximum Gasteiger partial charge on any atom is 0.269 e. The Balaban J connectivity index is 2.27. The molecule has 1 heterocycles. The molecular weight excluding hydrogens is 368 g/mol. The van der Waals surface area contributed by atoms with Gasteiger partial charge >= 0.3 is 0 Å². The third-order valence-electron chi connectivity index (χ3n) is 3.21. The smallest absolute Gasteiger partial charge is 0.269 e. The van der Waals surface area contributed by atoms with Gasteiger partial charge in [0.25, 0.3) is 10.0 Å². The van der Waals surface area contributed by atoms with Crippen LogP contribution in [-0.4, -0.2) is 24.5 Å². The molecule has 0 radical (unpaired) electrons. The van der Waals surface area contributed by atoms with Crippen molar-refractivity contribution >= 4 is 37.0 Å². The summed E-state index contributed by atoms with van der Waals surface area (Å²) in [6, 6.07) is 13.6. The number of nitrogens with zero attached hydrogens (tertiary/aromatic N) is 2. The minimum atomic E-state index is -3.74. The summed E-state index contributed by atoms with van der Waals surface area (Å²) in [5, 5.41) is 0. The molecule has 0 unspecified atom stereocenters. The number of methoxy groups -OCH3 is 1. The van der Waals surface area contributed by atoms with Crippen LogP contribution in [0.15, 0.2) is 57.9 Å². The lowest BCUT2D eigenvalue weighted by atomic mass is 10.3. The quantitative estimate of drug-likeness (QED) is 0.697. The van der Waals surface area contributed by atoms with Crippen LogP contribution >= 0.6 is 15.9 Å². The highest BCUT2D eigenvalue weighted by molar-refractivity contribution is 9.10. The average Bonchev–Trinajstić information content (AvgIpc) is 2.86. The van der Waals surface area contributed by atoms with Gasteiger partial charge in [-0.1, -0.05) is 28.1 Å². The Kier molecular flexibility index (Phi) is 4.03. The second-order valence-corrected chi connectivity index (χ2v) is 7.38. The molecule has 0 fully saturated rings. The Morgan fingerprint density at radius 1 is 1.14 bits per heavy atom. The Bertz CT molecular complexity index is 918. The lowest BCUT2D eigenvalue weighted by Gasteiger charge is -2.10. The zero-order chi connectivity index (χ0) is 15.7. The third-order valence-corrected chi connectivity index (χ3v) is 5.49. The summed E-state index contributed by atoms with van der Waals surface area (Å²) in [5.74, 6) is 0.353. The van der Waals surface area contributed by atoms with E-state index in [2.05, 4.69) is 20.9 Å². The van der Waals surface area contributed by atoms with E-state index in [9.17, 15) is 8.42 Å². The van der Waals surface area contributed by atoms with E-state index in [1.807, 2.05) is 6.07 Å². The molecule has 0 aliphatic rings. The van der Waals surface area contributed by atoms with Gasteiger partial charge in [-0.3, -0.25) is 0 Å². The summed E-state index contributed by atoms with van der Waals surface area (Å²) in [7, 11) is -2.23. The van der Waals surface area contributed by atoms with Gasteiger partial charge < -0.3 is 4.74 Å². The van der Waals surface area contributed by atoms with E-state index in [0.717, 1.165) is 4.47 Å². The predicted octanol–water partition coefficient (Wildman–Crippen LogP) is 3.18. The highest BCUT2D eigenvalue weighted by Crippen LogP contribution is 2.24. The van der Waals surface area contributed by atoms with E-state index in [1.165, 1.54) is 11.1 Å². The molecule has 3 rings (SSSR count). The Labute approximate surface area is 136 Å². The van der Waals surface area contributed by atoms with Crippen LogP contribution in [0.25, 0.3) is 11.0 Å². The zero-order valence-electron chi connectivity index (χ0n) is 11.7. The molecule has 0 aliphatic carbocycles. The molecule has 114 valence electrons. The number of halogens is 1. The third kappa shape index (κ3) is 2.55. The van der Waals surface area contributed by atoms with Gasteiger partial charge in [0.15, 0.2) is 0 Å². The van der Waals surface area contributed by atoms with E-state index in [0.29, 0.717) is 16.9 Å². The SMILES string of the molecule is COCc1nc2ccccc2n1S(=O)(=O)c1ccc(Br)cc1. The van der Waals surface area contributed by atoms with Crippen molar-refractivity contribution in [1.82, 2.24) is 8.96 Å². The number of hydrogen-bond acceptors (Lipinski definition) is 4. The van der Waals surface area contributed by atoms with Gasteiger partial charge in [0.05, 0.1) is 15.9 Å². The lowest BCUT2D eigenvalue weighted by Crippen LogP contribution is -2.16. The minimum absolute atomic E-state index is 0.116. The van der Waals surface area contributed by atoms with Gasteiger partial charge in [-0.25, -0.2) is 17.4 Å². The largest absolute Gasteiger partial charge is 0.377 e. The van der Waals surface area contributed by atoms with E-state index >= 15 is 0 Å². The molecule has 0 atom stereocenters. The number of imidazole rings is 1. The van der Waals surface area contributed by atoms with Gasteiger partial charge in [0.1, 0.15) is 12.4 Å². The number of para-hydroxylation sites is 2. The molecule has 0 bridgehead atoms. The highest BCUT2D eigenvalue weighted by atomic mass is 79.9. The second kappa shape index (κ2) is 5.83. The molecule has 1 aromatic heterocycles. The first-order chi connectivity index (χ1) is 10.5. The molecule has 0 N–H and O–H groups in total. The van der Waals surface area contributed by atoms with E-state index < -0.39 is 10.0 Å². The zero-order valence-corrected chi connectivity index (χ0v) is 14.1. The van der Waals surface area contributed by atoms with Crippen molar-refractivity contribution in [3.8, 4) is 0 Å². The molecule has 0 saturated carbocycles. The first kappa shape index (κ1) is 15.2. The fourth-order valence-electron chi connectivity index (χ4n) is 2.25. The number of aromatic nitrogens is 2. The first-order valence-electron chi connectivity index (χ1n) is 6.50. The molecule has 7 heteroatoms. The predicted molar refractivity (Wildman–Crippen MR) is 87.2 cm³/mol. The number of hydrogen-bond donors (Lipinski definition) is 0. The maximum absolute atomic E-state index is 13.0. The van der Waals surface area contributed by atoms with Crippen LogP contribution in [0, 0.1) is 0 Å².